The minimum absolute atomic E-state index is 0.0310. The third-order valence-corrected chi connectivity index (χ3v) is 4.08. The van der Waals surface area contributed by atoms with Crippen molar-refractivity contribution in [1.82, 2.24) is 5.32 Å². The molecular weight excluding hydrogens is 326 g/mol. The van der Waals surface area contributed by atoms with E-state index in [1.54, 1.807) is 12.1 Å². The lowest BCUT2D eigenvalue weighted by molar-refractivity contribution is -0.122. The maximum Gasteiger partial charge on any atom is 0.242 e. The summed E-state index contributed by atoms with van der Waals surface area (Å²) in [6.07, 6.45) is 1.84. The SMILES string of the molecule is CC(=O)Nc1ccc(N[C@@H](C)C(=O)N[C@@H](C)CCc2ccccc2)cc1. The van der Waals surface area contributed by atoms with Crippen LogP contribution in [0.1, 0.15) is 32.8 Å². The molecule has 5 heteroatoms. The number of benzene rings is 2. The zero-order chi connectivity index (χ0) is 18.9. The maximum atomic E-state index is 12.4. The highest BCUT2D eigenvalue weighted by atomic mass is 16.2. The monoisotopic (exact) mass is 353 g/mol. The highest BCUT2D eigenvalue weighted by molar-refractivity contribution is 5.89. The first-order valence-electron chi connectivity index (χ1n) is 8.92. The van der Waals surface area contributed by atoms with E-state index in [4.69, 9.17) is 0 Å². The normalized spacial score (nSPS) is 12.7. The van der Waals surface area contributed by atoms with Crippen LogP contribution in [-0.2, 0) is 16.0 Å². The van der Waals surface area contributed by atoms with Crippen molar-refractivity contribution in [2.45, 2.75) is 45.7 Å². The first kappa shape index (κ1) is 19.5. The van der Waals surface area contributed by atoms with Crippen molar-refractivity contribution < 1.29 is 9.59 Å². The fourth-order valence-electron chi connectivity index (χ4n) is 2.64. The van der Waals surface area contributed by atoms with Gasteiger partial charge in [0.15, 0.2) is 0 Å². The van der Waals surface area contributed by atoms with Crippen LogP contribution in [0, 0.1) is 0 Å². The second-order valence-corrected chi connectivity index (χ2v) is 6.56. The number of carbonyl (C=O) groups excluding carboxylic acids is 2. The van der Waals surface area contributed by atoms with E-state index in [1.165, 1.54) is 12.5 Å². The lowest BCUT2D eigenvalue weighted by atomic mass is 10.1. The van der Waals surface area contributed by atoms with Gasteiger partial charge in [-0.25, -0.2) is 0 Å². The van der Waals surface area contributed by atoms with Crippen molar-refractivity contribution in [3.8, 4) is 0 Å². The van der Waals surface area contributed by atoms with Crippen molar-refractivity contribution in [3.05, 3.63) is 60.2 Å². The van der Waals surface area contributed by atoms with Gasteiger partial charge < -0.3 is 16.0 Å². The Kier molecular flexibility index (Phi) is 7.21. The molecule has 0 bridgehead atoms. The number of nitrogens with one attached hydrogen (secondary N) is 3. The predicted octanol–water partition coefficient (Wildman–Crippen LogP) is 3.58. The molecular formula is C21H27N3O2. The molecule has 0 saturated heterocycles. The van der Waals surface area contributed by atoms with E-state index in [-0.39, 0.29) is 23.9 Å². The van der Waals surface area contributed by atoms with Gasteiger partial charge in [-0.3, -0.25) is 9.59 Å². The van der Waals surface area contributed by atoms with Gasteiger partial charge >= 0.3 is 0 Å². The van der Waals surface area contributed by atoms with Gasteiger partial charge in [0.2, 0.25) is 11.8 Å². The molecule has 0 saturated carbocycles. The van der Waals surface area contributed by atoms with E-state index in [9.17, 15) is 9.59 Å². The lowest BCUT2D eigenvalue weighted by Gasteiger charge is -2.19. The van der Waals surface area contributed by atoms with Crippen molar-refractivity contribution in [1.29, 1.82) is 0 Å². The standard InChI is InChI=1S/C21H27N3O2/c1-15(9-10-18-7-5-4-6-8-18)22-21(26)16(2)23-19-11-13-20(14-12-19)24-17(3)25/h4-8,11-16,23H,9-10H2,1-3H3,(H,22,26)(H,24,25)/t15-,16-/m0/s1. The molecule has 0 unspecified atom stereocenters. The molecule has 3 N–H and O–H groups in total. The van der Waals surface area contributed by atoms with Crippen LogP contribution in [0.4, 0.5) is 11.4 Å². The van der Waals surface area contributed by atoms with Crippen LogP contribution in [-0.4, -0.2) is 23.9 Å². The molecule has 2 aromatic carbocycles. The summed E-state index contributed by atoms with van der Waals surface area (Å²) in [6.45, 7) is 5.33. The molecule has 0 fully saturated rings. The summed E-state index contributed by atoms with van der Waals surface area (Å²) >= 11 is 0. The highest BCUT2D eigenvalue weighted by Crippen LogP contribution is 2.14. The Bertz CT molecular complexity index is 714. The van der Waals surface area contributed by atoms with Crippen molar-refractivity contribution >= 4 is 23.2 Å². The van der Waals surface area contributed by atoms with Crippen molar-refractivity contribution in [2.75, 3.05) is 10.6 Å². The fraction of sp³-hybridized carbons (Fsp3) is 0.333. The van der Waals surface area contributed by atoms with Crippen LogP contribution in [0.15, 0.2) is 54.6 Å². The topological polar surface area (TPSA) is 70.2 Å². The molecule has 2 rings (SSSR count). The van der Waals surface area contributed by atoms with Crippen molar-refractivity contribution in [3.63, 3.8) is 0 Å². The first-order chi connectivity index (χ1) is 12.4. The number of aryl methyl sites for hydroxylation is 1. The average Bonchev–Trinajstić information content (AvgIpc) is 2.62. The summed E-state index contributed by atoms with van der Waals surface area (Å²) in [5.74, 6) is -0.139. The molecule has 0 spiro atoms. The van der Waals surface area contributed by atoms with Gasteiger partial charge in [-0.2, -0.15) is 0 Å². The summed E-state index contributed by atoms with van der Waals surface area (Å²) < 4.78 is 0. The second-order valence-electron chi connectivity index (χ2n) is 6.56. The summed E-state index contributed by atoms with van der Waals surface area (Å²) in [6, 6.07) is 17.3. The molecule has 26 heavy (non-hydrogen) atoms. The molecule has 0 aliphatic heterocycles. The van der Waals surface area contributed by atoms with Crippen LogP contribution in [0.25, 0.3) is 0 Å². The van der Waals surface area contributed by atoms with Crippen LogP contribution in [0.3, 0.4) is 0 Å². The van der Waals surface area contributed by atoms with Gasteiger partial charge in [-0.15, -0.1) is 0 Å². The van der Waals surface area contributed by atoms with Gasteiger partial charge in [0.25, 0.3) is 0 Å². The Balaban J connectivity index is 1.78. The Hall–Kier alpha value is -2.82. The summed E-state index contributed by atoms with van der Waals surface area (Å²) in [7, 11) is 0. The quantitative estimate of drug-likeness (QED) is 0.679. The largest absolute Gasteiger partial charge is 0.374 e. The van der Waals surface area contributed by atoms with E-state index in [0.717, 1.165) is 24.2 Å². The van der Waals surface area contributed by atoms with Crippen LogP contribution in [0.5, 0.6) is 0 Å². The summed E-state index contributed by atoms with van der Waals surface area (Å²) in [5.41, 5.74) is 2.84. The maximum absolute atomic E-state index is 12.4. The fourth-order valence-corrected chi connectivity index (χ4v) is 2.64. The first-order valence-corrected chi connectivity index (χ1v) is 8.92. The number of carbonyl (C=O) groups is 2. The molecule has 5 nitrogen and oxygen atoms in total. The molecule has 0 aromatic heterocycles. The zero-order valence-corrected chi connectivity index (χ0v) is 15.6. The van der Waals surface area contributed by atoms with Gasteiger partial charge in [0, 0.05) is 24.3 Å². The molecule has 0 radical (unpaired) electrons. The van der Waals surface area contributed by atoms with Crippen LogP contribution < -0.4 is 16.0 Å². The van der Waals surface area contributed by atoms with E-state index in [2.05, 4.69) is 28.1 Å². The molecule has 0 aliphatic carbocycles. The molecule has 2 atom stereocenters. The van der Waals surface area contributed by atoms with Crippen molar-refractivity contribution in [2.24, 2.45) is 0 Å². The number of amides is 2. The number of anilines is 2. The highest BCUT2D eigenvalue weighted by Gasteiger charge is 2.15. The Morgan fingerprint density at radius 2 is 1.54 bits per heavy atom. The molecule has 2 amide bonds. The molecule has 2 aromatic rings. The lowest BCUT2D eigenvalue weighted by Crippen LogP contribution is -2.42. The Labute approximate surface area is 155 Å². The van der Waals surface area contributed by atoms with Gasteiger partial charge in [-0.1, -0.05) is 30.3 Å². The molecule has 0 aliphatic rings. The van der Waals surface area contributed by atoms with E-state index in [1.807, 2.05) is 44.2 Å². The Morgan fingerprint density at radius 3 is 2.15 bits per heavy atom. The van der Waals surface area contributed by atoms with Gasteiger partial charge in [0.05, 0.1) is 0 Å². The van der Waals surface area contributed by atoms with E-state index < -0.39 is 0 Å². The van der Waals surface area contributed by atoms with Gasteiger partial charge in [0.1, 0.15) is 6.04 Å². The third-order valence-electron chi connectivity index (χ3n) is 4.08. The number of hydrogen-bond acceptors (Lipinski definition) is 3. The smallest absolute Gasteiger partial charge is 0.242 e. The predicted molar refractivity (Wildman–Crippen MR) is 106 cm³/mol. The van der Waals surface area contributed by atoms with E-state index in [0.29, 0.717) is 0 Å². The third kappa shape index (κ3) is 6.59. The van der Waals surface area contributed by atoms with Gasteiger partial charge in [-0.05, 0) is 56.5 Å². The molecule has 0 heterocycles. The summed E-state index contributed by atoms with van der Waals surface area (Å²) in [5, 5.41) is 8.94. The minimum Gasteiger partial charge on any atom is -0.374 e. The average molecular weight is 353 g/mol. The number of rotatable bonds is 8. The summed E-state index contributed by atoms with van der Waals surface area (Å²) in [4.78, 5) is 23.4. The second kappa shape index (κ2) is 9.61. The zero-order valence-electron chi connectivity index (χ0n) is 15.6. The number of hydrogen-bond donors (Lipinski definition) is 3. The Morgan fingerprint density at radius 1 is 0.923 bits per heavy atom. The van der Waals surface area contributed by atoms with E-state index >= 15 is 0 Å². The molecule has 138 valence electrons. The van der Waals surface area contributed by atoms with Crippen LogP contribution in [0.2, 0.25) is 0 Å². The van der Waals surface area contributed by atoms with Crippen LogP contribution >= 0.6 is 0 Å². The minimum atomic E-state index is -0.346.